The van der Waals surface area contributed by atoms with E-state index in [-0.39, 0.29) is 0 Å². The summed E-state index contributed by atoms with van der Waals surface area (Å²) in [6, 6.07) is 0. The Hall–Kier alpha value is -0.340. The molecule has 0 aromatic heterocycles. The lowest BCUT2D eigenvalue weighted by Gasteiger charge is -2.16. The van der Waals surface area contributed by atoms with E-state index in [0.29, 0.717) is 6.42 Å². The second-order valence-electron chi connectivity index (χ2n) is 4.45. The fourth-order valence-corrected chi connectivity index (χ4v) is 1.71. The maximum atomic E-state index is 9.69. The first-order valence-corrected chi connectivity index (χ1v) is 6.73. The van der Waals surface area contributed by atoms with Gasteiger partial charge in [-0.05, 0) is 19.3 Å². The van der Waals surface area contributed by atoms with Crippen molar-refractivity contribution in [1.82, 2.24) is 0 Å². The quantitative estimate of drug-likeness (QED) is 0.444. The summed E-state index contributed by atoms with van der Waals surface area (Å²) >= 11 is 0. The summed E-state index contributed by atoms with van der Waals surface area (Å²) in [5, 5.41) is 19.3. The van der Waals surface area contributed by atoms with Crippen molar-refractivity contribution < 1.29 is 10.2 Å². The minimum atomic E-state index is -0.589. The van der Waals surface area contributed by atoms with E-state index in [4.69, 9.17) is 0 Å². The molecule has 0 aliphatic carbocycles. The molecule has 0 radical (unpaired) electrons. The Morgan fingerprint density at radius 3 is 2.19 bits per heavy atom. The van der Waals surface area contributed by atoms with Crippen LogP contribution in [0.5, 0.6) is 0 Å². The average molecular weight is 228 g/mol. The maximum absolute atomic E-state index is 9.69. The van der Waals surface area contributed by atoms with Gasteiger partial charge in [0, 0.05) is 0 Å². The molecule has 0 rings (SSSR count). The van der Waals surface area contributed by atoms with Gasteiger partial charge in [-0.2, -0.15) is 0 Å². The summed E-state index contributed by atoms with van der Waals surface area (Å²) < 4.78 is 0. The van der Waals surface area contributed by atoms with Gasteiger partial charge in [0.1, 0.15) is 0 Å². The number of rotatable bonds is 10. The maximum Gasteiger partial charge on any atom is 0.0833 e. The molecule has 16 heavy (non-hydrogen) atoms. The van der Waals surface area contributed by atoms with E-state index >= 15 is 0 Å². The van der Waals surface area contributed by atoms with Crippen molar-refractivity contribution in [1.29, 1.82) is 0 Å². The fraction of sp³-hybridized carbons (Fsp3) is 0.857. The summed E-state index contributed by atoms with van der Waals surface area (Å²) in [6.45, 7) is 4.26. The van der Waals surface area contributed by atoms with E-state index < -0.39 is 12.2 Å². The van der Waals surface area contributed by atoms with Gasteiger partial charge in [-0.1, -0.05) is 58.1 Å². The van der Waals surface area contributed by atoms with Gasteiger partial charge in [-0.3, -0.25) is 0 Å². The summed E-state index contributed by atoms with van der Waals surface area (Å²) in [5.74, 6) is 0. The number of hydrogen-bond donors (Lipinski definition) is 2. The van der Waals surface area contributed by atoms with E-state index in [0.717, 1.165) is 19.3 Å². The third-order valence-electron chi connectivity index (χ3n) is 2.83. The number of aliphatic hydroxyl groups is 2. The zero-order chi connectivity index (χ0) is 12.2. The zero-order valence-corrected chi connectivity index (χ0v) is 10.9. The van der Waals surface area contributed by atoms with Crippen molar-refractivity contribution >= 4 is 0 Å². The highest BCUT2D eigenvalue weighted by Crippen LogP contribution is 2.11. The van der Waals surface area contributed by atoms with Crippen molar-refractivity contribution in [2.24, 2.45) is 0 Å². The molecule has 2 heteroatoms. The number of unbranched alkanes of at least 4 members (excludes halogenated alkanes) is 4. The van der Waals surface area contributed by atoms with Gasteiger partial charge in [-0.25, -0.2) is 0 Å². The Labute approximate surface area is 100 Å². The molecule has 0 bridgehead atoms. The third-order valence-corrected chi connectivity index (χ3v) is 2.83. The van der Waals surface area contributed by atoms with E-state index in [1.807, 2.05) is 12.2 Å². The lowest BCUT2D eigenvalue weighted by Crippen LogP contribution is -2.25. The molecule has 0 aliphatic heterocycles. The summed E-state index contributed by atoms with van der Waals surface area (Å²) in [7, 11) is 0. The van der Waals surface area contributed by atoms with E-state index in [1.165, 1.54) is 25.7 Å². The standard InChI is InChI=1S/C14H28O2/c1-3-5-7-8-10-12-14(16)13(15)11-9-6-4-2/h6,9,13-16H,3-5,7-8,10-12H2,1-2H3. The SMILES string of the molecule is CCC=CCC(O)C(O)CCCCCCC. The molecular formula is C14H28O2. The largest absolute Gasteiger partial charge is 0.390 e. The molecular weight excluding hydrogens is 200 g/mol. The highest BCUT2D eigenvalue weighted by molar-refractivity contribution is 4.85. The van der Waals surface area contributed by atoms with Gasteiger partial charge in [0.05, 0.1) is 12.2 Å². The third kappa shape index (κ3) is 8.93. The Morgan fingerprint density at radius 1 is 0.875 bits per heavy atom. The Bertz CT molecular complexity index is 166. The van der Waals surface area contributed by atoms with E-state index in [9.17, 15) is 10.2 Å². The fourth-order valence-electron chi connectivity index (χ4n) is 1.71. The van der Waals surface area contributed by atoms with Gasteiger partial charge >= 0.3 is 0 Å². The molecule has 0 amide bonds. The van der Waals surface area contributed by atoms with E-state index in [2.05, 4.69) is 13.8 Å². The molecule has 0 spiro atoms. The lowest BCUT2D eigenvalue weighted by atomic mass is 10.0. The molecule has 96 valence electrons. The van der Waals surface area contributed by atoms with Crippen LogP contribution in [-0.2, 0) is 0 Å². The van der Waals surface area contributed by atoms with Crippen LogP contribution in [0.2, 0.25) is 0 Å². The van der Waals surface area contributed by atoms with Crippen LogP contribution in [0.3, 0.4) is 0 Å². The summed E-state index contributed by atoms with van der Waals surface area (Å²) in [5.41, 5.74) is 0. The first kappa shape index (κ1) is 15.7. The van der Waals surface area contributed by atoms with Gasteiger partial charge in [0.15, 0.2) is 0 Å². The zero-order valence-electron chi connectivity index (χ0n) is 10.9. The van der Waals surface area contributed by atoms with Crippen LogP contribution in [0.15, 0.2) is 12.2 Å². The van der Waals surface area contributed by atoms with Crippen LogP contribution in [-0.4, -0.2) is 22.4 Å². The highest BCUT2D eigenvalue weighted by atomic mass is 16.3. The Morgan fingerprint density at radius 2 is 1.56 bits per heavy atom. The molecule has 0 saturated carbocycles. The van der Waals surface area contributed by atoms with Gasteiger partial charge < -0.3 is 10.2 Å². The minimum Gasteiger partial charge on any atom is -0.390 e. The molecule has 2 N–H and O–H groups in total. The molecule has 2 unspecified atom stereocenters. The highest BCUT2D eigenvalue weighted by Gasteiger charge is 2.13. The molecule has 0 aliphatic rings. The van der Waals surface area contributed by atoms with Crippen molar-refractivity contribution in [3.63, 3.8) is 0 Å². The second-order valence-corrected chi connectivity index (χ2v) is 4.45. The second kappa shape index (κ2) is 11.2. The van der Waals surface area contributed by atoms with Crippen LogP contribution < -0.4 is 0 Å². The average Bonchev–Trinajstić information content (AvgIpc) is 2.28. The Kier molecular flexibility index (Phi) is 10.9. The molecule has 0 aromatic carbocycles. The minimum absolute atomic E-state index is 0.553. The normalized spacial score (nSPS) is 15.5. The molecule has 0 fully saturated rings. The number of allylic oxidation sites excluding steroid dienone is 1. The van der Waals surface area contributed by atoms with Crippen molar-refractivity contribution in [3.8, 4) is 0 Å². The van der Waals surface area contributed by atoms with Crippen molar-refractivity contribution in [3.05, 3.63) is 12.2 Å². The summed E-state index contributed by atoms with van der Waals surface area (Å²) in [4.78, 5) is 0. The topological polar surface area (TPSA) is 40.5 Å². The molecule has 0 heterocycles. The predicted octanol–water partition coefficient (Wildman–Crippen LogP) is 3.43. The van der Waals surface area contributed by atoms with Crippen LogP contribution in [0.25, 0.3) is 0 Å². The first-order valence-electron chi connectivity index (χ1n) is 6.73. The van der Waals surface area contributed by atoms with Crippen LogP contribution in [0.1, 0.15) is 65.2 Å². The van der Waals surface area contributed by atoms with Crippen LogP contribution in [0.4, 0.5) is 0 Å². The smallest absolute Gasteiger partial charge is 0.0833 e. The molecule has 2 nitrogen and oxygen atoms in total. The van der Waals surface area contributed by atoms with Gasteiger partial charge in [0.25, 0.3) is 0 Å². The predicted molar refractivity (Wildman–Crippen MR) is 69.4 cm³/mol. The van der Waals surface area contributed by atoms with Gasteiger partial charge in [-0.15, -0.1) is 0 Å². The first-order chi connectivity index (χ1) is 7.72. The lowest BCUT2D eigenvalue weighted by molar-refractivity contribution is 0.0152. The monoisotopic (exact) mass is 228 g/mol. The van der Waals surface area contributed by atoms with Crippen LogP contribution >= 0.6 is 0 Å². The van der Waals surface area contributed by atoms with Crippen molar-refractivity contribution in [2.45, 2.75) is 77.4 Å². The van der Waals surface area contributed by atoms with Crippen LogP contribution in [0, 0.1) is 0 Å². The molecule has 0 saturated heterocycles. The number of hydrogen-bond acceptors (Lipinski definition) is 2. The Balaban J connectivity index is 3.47. The summed E-state index contributed by atoms with van der Waals surface area (Å²) in [6.07, 6.45) is 11.1. The van der Waals surface area contributed by atoms with E-state index in [1.54, 1.807) is 0 Å². The molecule has 0 aromatic rings. The van der Waals surface area contributed by atoms with Gasteiger partial charge in [0.2, 0.25) is 0 Å². The molecule has 2 atom stereocenters. The van der Waals surface area contributed by atoms with Crippen molar-refractivity contribution in [2.75, 3.05) is 0 Å². The number of aliphatic hydroxyl groups excluding tert-OH is 2.